The number of hydrogen-bond donors (Lipinski definition) is 0. The number of hydrogen-bond acceptors (Lipinski definition) is 5. The maximum absolute atomic E-state index is 5.36. The summed E-state index contributed by atoms with van der Waals surface area (Å²) in [7, 11) is 1.70. The van der Waals surface area contributed by atoms with Gasteiger partial charge >= 0.3 is 0 Å². The Labute approximate surface area is 147 Å². The fourth-order valence-corrected chi connectivity index (χ4v) is 3.32. The van der Waals surface area contributed by atoms with E-state index in [9.17, 15) is 0 Å². The van der Waals surface area contributed by atoms with Crippen LogP contribution in [0, 0.1) is 13.8 Å². The van der Waals surface area contributed by atoms with Crippen LogP contribution in [0.1, 0.15) is 22.5 Å². The van der Waals surface area contributed by atoms with Crippen molar-refractivity contribution in [2.24, 2.45) is 0 Å². The average molecular weight is 335 g/mol. The molecule has 0 saturated heterocycles. The predicted octanol–water partition coefficient (Wildman–Crippen LogP) is 2.85. The molecule has 0 saturated carbocycles. The zero-order chi connectivity index (χ0) is 17.4. The van der Waals surface area contributed by atoms with Crippen molar-refractivity contribution < 1.29 is 4.74 Å². The molecule has 0 aliphatic carbocycles. The van der Waals surface area contributed by atoms with E-state index in [2.05, 4.69) is 27.1 Å². The van der Waals surface area contributed by atoms with E-state index in [1.807, 2.05) is 36.9 Å². The quantitative estimate of drug-likeness (QED) is 0.737. The third-order valence-corrected chi connectivity index (χ3v) is 4.59. The smallest absolute Gasteiger partial charge is 0.174 e. The molecular weight excluding hydrogens is 314 g/mol. The first-order valence-electron chi connectivity index (χ1n) is 8.40. The van der Waals surface area contributed by atoms with Crippen molar-refractivity contribution in [3.05, 3.63) is 59.2 Å². The van der Waals surface area contributed by atoms with E-state index < -0.39 is 0 Å². The van der Waals surface area contributed by atoms with E-state index in [1.165, 1.54) is 11.1 Å². The summed E-state index contributed by atoms with van der Waals surface area (Å²) in [6.45, 7) is 5.74. The van der Waals surface area contributed by atoms with Crippen LogP contribution in [-0.2, 0) is 13.0 Å². The molecule has 0 unspecified atom stereocenters. The van der Waals surface area contributed by atoms with Gasteiger partial charge in [-0.2, -0.15) is 5.10 Å². The minimum absolute atomic E-state index is 0.750. The number of anilines is 1. The molecule has 4 rings (SSSR count). The van der Waals surface area contributed by atoms with Crippen molar-refractivity contribution in [1.29, 1.82) is 0 Å². The molecule has 0 atom stereocenters. The van der Waals surface area contributed by atoms with Gasteiger partial charge in [0, 0.05) is 18.8 Å². The predicted molar refractivity (Wildman–Crippen MR) is 96.4 cm³/mol. The molecule has 0 bridgehead atoms. The van der Waals surface area contributed by atoms with Crippen molar-refractivity contribution in [3.63, 3.8) is 0 Å². The molecule has 25 heavy (non-hydrogen) atoms. The summed E-state index contributed by atoms with van der Waals surface area (Å²) in [5.41, 5.74) is 4.69. The van der Waals surface area contributed by atoms with E-state index in [0.717, 1.165) is 48.3 Å². The van der Waals surface area contributed by atoms with Gasteiger partial charge in [0.1, 0.15) is 11.6 Å². The summed E-state index contributed by atoms with van der Waals surface area (Å²) < 4.78 is 7.20. The average Bonchev–Trinajstić information content (AvgIpc) is 2.99. The van der Waals surface area contributed by atoms with Crippen LogP contribution in [0.25, 0.3) is 5.82 Å². The Bertz CT molecular complexity index is 918. The minimum Gasteiger partial charge on any atom is -0.497 e. The Morgan fingerprint density at radius 2 is 1.88 bits per heavy atom. The lowest BCUT2D eigenvalue weighted by Crippen LogP contribution is -2.31. The SMILES string of the molecule is COc1ccc2c(c1)CN(c1cncc(-n3nc(C)cc3C)n1)CC2. The first-order chi connectivity index (χ1) is 12.1. The Hall–Kier alpha value is -2.89. The van der Waals surface area contributed by atoms with Gasteiger partial charge in [0.05, 0.1) is 25.2 Å². The van der Waals surface area contributed by atoms with Gasteiger partial charge < -0.3 is 9.64 Å². The van der Waals surface area contributed by atoms with E-state index >= 15 is 0 Å². The first-order valence-corrected chi connectivity index (χ1v) is 8.40. The van der Waals surface area contributed by atoms with Crippen molar-refractivity contribution in [2.45, 2.75) is 26.8 Å². The molecule has 1 aliphatic rings. The second-order valence-corrected chi connectivity index (χ2v) is 6.38. The Balaban J connectivity index is 1.64. The number of methoxy groups -OCH3 is 1. The van der Waals surface area contributed by atoms with E-state index in [-0.39, 0.29) is 0 Å². The standard InChI is InChI=1S/C19H21N5O/c1-13-8-14(2)24(22-13)19-11-20-10-18(21-19)23-7-6-15-4-5-17(25-3)9-16(15)12-23/h4-5,8-11H,6-7,12H2,1-3H3. The molecule has 0 fully saturated rings. The van der Waals surface area contributed by atoms with Crippen LogP contribution in [0.15, 0.2) is 36.7 Å². The summed E-state index contributed by atoms with van der Waals surface area (Å²) in [5.74, 6) is 2.51. The molecule has 1 aromatic carbocycles. The summed E-state index contributed by atoms with van der Waals surface area (Å²) in [6, 6.07) is 8.33. The van der Waals surface area contributed by atoms with Crippen LogP contribution in [0.2, 0.25) is 0 Å². The van der Waals surface area contributed by atoms with Crippen molar-refractivity contribution in [2.75, 3.05) is 18.6 Å². The number of ether oxygens (including phenoxy) is 1. The second-order valence-electron chi connectivity index (χ2n) is 6.38. The third-order valence-electron chi connectivity index (χ3n) is 4.59. The highest BCUT2D eigenvalue weighted by Gasteiger charge is 2.19. The van der Waals surface area contributed by atoms with E-state index in [1.54, 1.807) is 13.3 Å². The van der Waals surface area contributed by atoms with E-state index in [0.29, 0.717) is 0 Å². The van der Waals surface area contributed by atoms with Gasteiger partial charge in [-0.25, -0.2) is 9.67 Å². The van der Waals surface area contributed by atoms with Crippen LogP contribution in [-0.4, -0.2) is 33.4 Å². The molecule has 0 radical (unpaired) electrons. The van der Waals surface area contributed by atoms with Gasteiger partial charge in [0.25, 0.3) is 0 Å². The van der Waals surface area contributed by atoms with Crippen LogP contribution in [0.3, 0.4) is 0 Å². The second kappa shape index (κ2) is 6.20. The monoisotopic (exact) mass is 335 g/mol. The van der Waals surface area contributed by atoms with Crippen molar-refractivity contribution in [1.82, 2.24) is 19.7 Å². The number of nitrogens with zero attached hydrogens (tertiary/aromatic N) is 5. The van der Waals surface area contributed by atoms with Crippen LogP contribution < -0.4 is 9.64 Å². The molecule has 128 valence electrons. The largest absolute Gasteiger partial charge is 0.497 e. The molecule has 1 aliphatic heterocycles. The summed E-state index contributed by atoms with van der Waals surface area (Å²) >= 11 is 0. The van der Waals surface area contributed by atoms with Gasteiger partial charge in [-0.15, -0.1) is 0 Å². The lowest BCUT2D eigenvalue weighted by Gasteiger charge is -2.30. The number of aromatic nitrogens is 4. The van der Waals surface area contributed by atoms with Crippen LogP contribution in [0.5, 0.6) is 5.75 Å². The number of aryl methyl sites for hydroxylation is 2. The molecule has 0 amide bonds. The Morgan fingerprint density at radius 1 is 1.04 bits per heavy atom. The lowest BCUT2D eigenvalue weighted by atomic mass is 9.99. The van der Waals surface area contributed by atoms with Gasteiger partial charge in [0.15, 0.2) is 5.82 Å². The maximum atomic E-state index is 5.36. The first kappa shape index (κ1) is 15.6. The molecule has 6 nitrogen and oxygen atoms in total. The number of rotatable bonds is 3. The highest BCUT2D eigenvalue weighted by molar-refractivity contribution is 5.46. The van der Waals surface area contributed by atoms with Gasteiger partial charge in [-0.1, -0.05) is 6.07 Å². The maximum Gasteiger partial charge on any atom is 0.174 e. The lowest BCUT2D eigenvalue weighted by molar-refractivity contribution is 0.413. The highest BCUT2D eigenvalue weighted by Crippen LogP contribution is 2.26. The Morgan fingerprint density at radius 3 is 2.64 bits per heavy atom. The normalized spacial score (nSPS) is 13.6. The zero-order valence-electron chi connectivity index (χ0n) is 14.7. The molecule has 6 heteroatoms. The number of benzene rings is 1. The zero-order valence-corrected chi connectivity index (χ0v) is 14.7. The Kier molecular flexibility index (Phi) is 3.87. The van der Waals surface area contributed by atoms with Crippen LogP contribution in [0.4, 0.5) is 5.82 Å². The minimum atomic E-state index is 0.750. The third kappa shape index (κ3) is 2.95. The fraction of sp³-hybridized carbons (Fsp3) is 0.316. The fourth-order valence-electron chi connectivity index (χ4n) is 3.32. The highest BCUT2D eigenvalue weighted by atomic mass is 16.5. The number of fused-ring (bicyclic) bond motifs is 1. The topological polar surface area (TPSA) is 56.1 Å². The molecule has 3 heterocycles. The van der Waals surface area contributed by atoms with Crippen molar-refractivity contribution in [3.8, 4) is 11.6 Å². The summed E-state index contributed by atoms with van der Waals surface area (Å²) in [5, 5.41) is 4.50. The molecule has 3 aromatic rings. The van der Waals surface area contributed by atoms with E-state index in [4.69, 9.17) is 9.72 Å². The van der Waals surface area contributed by atoms with Gasteiger partial charge in [-0.3, -0.25) is 4.98 Å². The van der Waals surface area contributed by atoms with Crippen LogP contribution >= 0.6 is 0 Å². The van der Waals surface area contributed by atoms with Gasteiger partial charge in [-0.05, 0) is 49.6 Å². The van der Waals surface area contributed by atoms with Crippen molar-refractivity contribution >= 4 is 5.82 Å². The molecular formula is C19H21N5O. The van der Waals surface area contributed by atoms with Gasteiger partial charge in [0.2, 0.25) is 0 Å². The molecule has 0 spiro atoms. The summed E-state index contributed by atoms with van der Waals surface area (Å²) in [6.07, 6.45) is 4.56. The summed E-state index contributed by atoms with van der Waals surface area (Å²) in [4.78, 5) is 11.4. The molecule has 0 N–H and O–H groups in total. The molecule has 2 aromatic heterocycles.